The molecule has 1 heterocycles. The Morgan fingerprint density at radius 1 is 1.20 bits per heavy atom. The molecule has 0 aliphatic rings. The highest BCUT2D eigenvalue weighted by molar-refractivity contribution is 6.20. The first kappa shape index (κ1) is 10.4. The second-order valence-corrected chi connectivity index (χ2v) is 4.61. The monoisotopic (exact) mass is 219 g/mol. The average molecular weight is 220 g/mol. The van der Waals surface area contributed by atoms with E-state index in [0.29, 0.717) is 5.92 Å². The highest BCUT2D eigenvalue weighted by Gasteiger charge is 2.11. The summed E-state index contributed by atoms with van der Waals surface area (Å²) in [5, 5.41) is 1.33. The molecular formula is C13H14ClN. The Bertz CT molecular complexity index is 465. The van der Waals surface area contributed by atoms with Crippen molar-refractivity contribution in [1.82, 2.24) is 4.98 Å². The molecule has 0 N–H and O–H groups in total. The molecule has 1 aromatic carbocycles. The fraction of sp³-hybridized carbons (Fsp3) is 0.308. The first-order valence-electron chi connectivity index (χ1n) is 5.17. The molecule has 0 bridgehead atoms. The van der Waals surface area contributed by atoms with Gasteiger partial charge in [0.1, 0.15) is 0 Å². The van der Waals surface area contributed by atoms with E-state index in [-0.39, 0.29) is 5.38 Å². The van der Waals surface area contributed by atoms with Crippen LogP contribution in [0.15, 0.2) is 36.5 Å². The molecule has 2 aromatic rings. The SMILES string of the molecule is CC(Cl)C(C)c1ccc2ncccc2c1. The Balaban J connectivity index is 2.47. The summed E-state index contributed by atoms with van der Waals surface area (Å²) in [6.45, 7) is 4.18. The maximum atomic E-state index is 6.10. The Morgan fingerprint density at radius 2 is 2.00 bits per heavy atom. The van der Waals surface area contributed by atoms with Crippen molar-refractivity contribution < 1.29 is 0 Å². The molecule has 0 aliphatic carbocycles. The number of pyridine rings is 1. The number of hydrogen-bond donors (Lipinski definition) is 0. The van der Waals surface area contributed by atoms with Crippen LogP contribution in [0.1, 0.15) is 25.3 Å². The van der Waals surface area contributed by atoms with E-state index in [9.17, 15) is 0 Å². The Kier molecular flexibility index (Phi) is 2.92. The van der Waals surface area contributed by atoms with Gasteiger partial charge in [0.05, 0.1) is 5.52 Å². The summed E-state index contributed by atoms with van der Waals surface area (Å²) >= 11 is 6.10. The van der Waals surface area contributed by atoms with Gasteiger partial charge < -0.3 is 0 Å². The van der Waals surface area contributed by atoms with E-state index >= 15 is 0 Å². The van der Waals surface area contributed by atoms with Gasteiger partial charge in [-0.2, -0.15) is 0 Å². The summed E-state index contributed by atoms with van der Waals surface area (Å²) < 4.78 is 0. The van der Waals surface area contributed by atoms with Crippen molar-refractivity contribution in [2.75, 3.05) is 0 Å². The molecule has 2 heteroatoms. The van der Waals surface area contributed by atoms with Crippen molar-refractivity contribution in [3.8, 4) is 0 Å². The normalized spacial score (nSPS) is 15.1. The minimum Gasteiger partial charge on any atom is -0.256 e. The fourth-order valence-corrected chi connectivity index (χ4v) is 1.79. The number of alkyl halides is 1. The number of aromatic nitrogens is 1. The largest absolute Gasteiger partial charge is 0.256 e. The van der Waals surface area contributed by atoms with Gasteiger partial charge in [-0.3, -0.25) is 4.98 Å². The first-order chi connectivity index (χ1) is 7.18. The highest BCUT2D eigenvalue weighted by atomic mass is 35.5. The van der Waals surface area contributed by atoms with Gasteiger partial charge in [-0.1, -0.05) is 19.1 Å². The first-order valence-corrected chi connectivity index (χ1v) is 5.61. The van der Waals surface area contributed by atoms with E-state index in [2.05, 4.69) is 36.2 Å². The summed E-state index contributed by atoms with van der Waals surface area (Å²) in [7, 11) is 0. The zero-order valence-electron chi connectivity index (χ0n) is 8.94. The van der Waals surface area contributed by atoms with Crippen molar-refractivity contribution in [1.29, 1.82) is 0 Å². The van der Waals surface area contributed by atoms with Crippen LogP contribution in [0.4, 0.5) is 0 Å². The molecule has 2 atom stereocenters. The number of nitrogens with zero attached hydrogens (tertiary/aromatic N) is 1. The smallest absolute Gasteiger partial charge is 0.0702 e. The number of benzene rings is 1. The zero-order chi connectivity index (χ0) is 10.8. The van der Waals surface area contributed by atoms with Crippen LogP contribution in [0.5, 0.6) is 0 Å². The minimum atomic E-state index is 0.152. The van der Waals surface area contributed by atoms with E-state index in [1.807, 2.05) is 19.2 Å². The van der Waals surface area contributed by atoms with Crippen LogP contribution in [0.2, 0.25) is 0 Å². The molecule has 2 rings (SSSR count). The quantitative estimate of drug-likeness (QED) is 0.697. The molecule has 0 amide bonds. The Morgan fingerprint density at radius 3 is 2.73 bits per heavy atom. The zero-order valence-corrected chi connectivity index (χ0v) is 9.70. The van der Waals surface area contributed by atoms with Crippen LogP contribution < -0.4 is 0 Å². The van der Waals surface area contributed by atoms with Crippen LogP contribution in [0.3, 0.4) is 0 Å². The molecule has 0 spiro atoms. The third-order valence-corrected chi connectivity index (χ3v) is 3.22. The third-order valence-electron chi connectivity index (χ3n) is 2.84. The summed E-state index contributed by atoms with van der Waals surface area (Å²) in [6.07, 6.45) is 1.82. The van der Waals surface area contributed by atoms with E-state index in [1.165, 1.54) is 10.9 Å². The van der Waals surface area contributed by atoms with Gasteiger partial charge in [0.2, 0.25) is 0 Å². The van der Waals surface area contributed by atoms with Crippen molar-refractivity contribution in [2.24, 2.45) is 0 Å². The second kappa shape index (κ2) is 4.19. The average Bonchev–Trinajstić information content (AvgIpc) is 2.27. The molecule has 0 saturated heterocycles. The lowest BCUT2D eigenvalue weighted by atomic mass is 9.97. The lowest BCUT2D eigenvalue weighted by molar-refractivity contribution is 0.743. The van der Waals surface area contributed by atoms with E-state index in [0.717, 1.165) is 5.52 Å². The van der Waals surface area contributed by atoms with Crippen LogP contribution in [-0.2, 0) is 0 Å². The minimum absolute atomic E-state index is 0.152. The lowest BCUT2D eigenvalue weighted by Crippen LogP contribution is -2.04. The van der Waals surface area contributed by atoms with Crippen LogP contribution in [0, 0.1) is 0 Å². The third kappa shape index (κ3) is 2.13. The predicted molar refractivity (Wildman–Crippen MR) is 65.5 cm³/mol. The van der Waals surface area contributed by atoms with Gasteiger partial charge in [0, 0.05) is 17.0 Å². The molecule has 0 fully saturated rings. The fourth-order valence-electron chi connectivity index (χ4n) is 1.64. The van der Waals surface area contributed by atoms with Crippen molar-refractivity contribution in [3.05, 3.63) is 42.1 Å². The van der Waals surface area contributed by atoms with E-state index in [1.54, 1.807) is 0 Å². The molecular weight excluding hydrogens is 206 g/mol. The second-order valence-electron chi connectivity index (χ2n) is 3.92. The number of fused-ring (bicyclic) bond motifs is 1. The lowest BCUT2D eigenvalue weighted by Gasteiger charge is -2.14. The van der Waals surface area contributed by atoms with Crippen LogP contribution in [0.25, 0.3) is 10.9 Å². The topological polar surface area (TPSA) is 12.9 Å². The Hall–Kier alpha value is -1.08. The number of hydrogen-bond acceptors (Lipinski definition) is 1. The number of rotatable bonds is 2. The molecule has 1 aromatic heterocycles. The van der Waals surface area contributed by atoms with Crippen LogP contribution >= 0.6 is 11.6 Å². The van der Waals surface area contributed by atoms with Crippen molar-refractivity contribution in [2.45, 2.75) is 25.1 Å². The van der Waals surface area contributed by atoms with Gasteiger partial charge in [0.15, 0.2) is 0 Å². The molecule has 0 saturated carbocycles. The number of halogens is 1. The predicted octanol–water partition coefficient (Wildman–Crippen LogP) is 3.97. The molecule has 1 nitrogen and oxygen atoms in total. The maximum Gasteiger partial charge on any atom is 0.0702 e. The molecule has 15 heavy (non-hydrogen) atoms. The molecule has 78 valence electrons. The molecule has 2 unspecified atom stereocenters. The van der Waals surface area contributed by atoms with Gasteiger partial charge in [0.25, 0.3) is 0 Å². The van der Waals surface area contributed by atoms with E-state index in [4.69, 9.17) is 11.6 Å². The summed E-state index contributed by atoms with van der Waals surface area (Å²) in [4.78, 5) is 4.29. The van der Waals surface area contributed by atoms with Gasteiger partial charge in [-0.25, -0.2) is 0 Å². The van der Waals surface area contributed by atoms with Gasteiger partial charge >= 0.3 is 0 Å². The highest BCUT2D eigenvalue weighted by Crippen LogP contribution is 2.25. The standard InChI is InChI=1S/C13H14ClN/c1-9(10(2)14)11-5-6-13-12(8-11)4-3-7-15-13/h3-10H,1-2H3. The molecule has 0 radical (unpaired) electrons. The van der Waals surface area contributed by atoms with Crippen LogP contribution in [-0.4, -0.2) is 10.4 Å². The van der Waals surface area contributed by atoms with Gasteiger partial charge in [-0.05, 0) is 36.6 Å². The summed E-state index contributed by atoms with van der Waals surface area (Å²) in [5.74, 6) is 0.372. The maximum absolute atomic E-state index is 6.10. The summed E-state index contributed by atoms with van der Waals surface area (Å²) in [6, 6.07) is 10.4. The van der Waals surface area contributed by atoms with Gasteiger partial charge in [-0.15, -0.1) is 11.6 Å². The Labute approximate surface area is 95.1 Å². The van der Waals surface area contributed by atoms with Crippen molar-refractivity contribution in [3.63, 3.8) is 0 Å². The summed E-state index contributed by atoms with van der Waals surface area (Å²) in [5.41, 5.74) is 2.31. The molecule has 0 aliphatic heterocycles. The van der Waals surface area contributed by atoms with Crippen molar-refractivity contribution >= 4 is 22.5 Å². The van der Waals surface area contributed by atoms with E-state index < -0.39 is 0 Å².